The zero-order valence-corrected chi connectivity index (χ0v) is 7.74. The molecule has 5 nitrogen and oxygen atoms in total. The van der Waals surface area contributed by atoms with Gasteiger partial charge in [-0.05, 0) is 24.6 Å². The highest BCUT2D eigenvalue weighted by Crippen LogP contribution is 2.16. The molecular weight excluding hydrogens is 180 g/mol. The van der Waals surface area contributed by atoms with Crippen molar-refractivity contribution in [1.82, 2.24) is 4.98 Å². The van der Waals surface area contributed by atoms with Gasteiger partial charge in [0.25, 0.3) is 0 Å². The van der Waals surface area contributed by atoms with Crippen molar-refractivity contribution in [2.24, 2.45) is 11.5 Å². The second kappa shape index (κ2) is 3.02. The van der Waals surface area contributed by atoms with E-state index < -0.39 is 0 Å². The number of hydrogen-bond donors (Lipinski definition) is 3. The maximum Gasteiger partial charge on any atom is 0.406 e. The molecule has 0 saturated carbocycles. The van der Waals surface area contributed by atoms with Crippen LogP contribution in [-0.4, -0.2) is 10.9 Å². The van der Waals surface area contributed by atoms with E-state index >= 15 is 0 Å². The van der Waals surface area contributed by atoms with Gasteiger partial charge in [-0.25, -0.2) is 4.99 Å². The van der Waals surface area contributed by atoms with Crippen molar-refractivity contribution in [3.05, 3.63) is 23.8 Å². The van der Waals surface area contributed by atoms with Crippen molar-refractivity contribution in [3.8, 4) is 0 Å². The minimum atomic E-state index is 0.0632. The minimum Gasteiger partial charge on any atom is -0.404 e. The average molecular weight is 191 g/mol. The highest BCUT2D eigenvalue weighted by Gasteiger charge is 2.08. The molecule has 0 spiro atoms. The van der Waals surface area contributed by atoms with Gasteiger partial charge in [0.2, 0.25) is 0 Å². The van der Waals surface area contributed by atoms with Crippen LogP contribution in [0.3, 0.4) is 0 Å². The Morgan fingerprint density at radius 3 is 2.93 bits per heavy atom. The van der Waals surface area contributed by atoms with Crippen LogP contribution in [0.2, 0.25) is 0 Å². The van der Waals surface area contributed by atoms with Gasteiger partial charge in [-0.15, -0.1) is 0 Å². The van der Waals surface area contributed by atoms with Crippen molar-refractivity contribution in [2.45, 2.75) is 6.92 Å². The smallest absolute Gasteiger partial charge is 0.404 e. The van der Waals surface area contributed by atoms with E-state index in [0.29, 0.717) is 11.6 Å². The number of benzene rings is 1. The van der Waals surface area contributed by atoms with Gasteiger partial charge >= 0.3 is 12.0 Å². The summed E-state index contributed by atoms with van der Waals surface area (Å²) in [4.78, 5) is 6.76. The number of nitrogens with one attached hydrogen (secondary N) is 1. The van der Waals surface area contributed by atoms with E-state index in [4.69, 9.17) is 15.9 Å². The summed E-state index contributed by atoms with van der Waals surface area (Å²) < 4.78 is 5.33. The van der Waals surface area contributed by atoms with Gasteiger partial charge in [0.1, 0.15) is 0 Å². The molecule has 0 bridgehead atoms. The minimum absolute atomic E-state index is 0.0632. The molecular formula is C9H11N4O+. The summed E-state index contributed by atoms with van der Waals surface area (Å²) in [5.41, 5.74) is 13.1. The molecule has 5 heteroatoms. The largest absolute Gasteiger partial charge is 0.406 e. The standard InChI is InChI=1S/C9H10N4O/c1-5-2-3-7-6(4-5)12-9(14-7)13-8(10)11/h2-4H,1H3,(H4,10,11,12,13)/p+1. The van der Waals surface area contributed by atoms with E-state index in [9.17, 15) is 0 Å². The summed E-state index contributed by atoms with van der Waals surface area (Å²) in [5.74, 6) is 0.0632. The lowest BCUT2D eigenvalue weighted by Crippen LogP contribution is -2.72. The first-order chi connectivity index (χ1) is 6.65. The Balaban J connectivity index is 2.57. The van der Waals surface area contributed by atoms with E-state index in [1.807, 2.05) is 25.1 Å². The van der Waals surface area contributed by atoms with E-state index in [0.717, 1.165) is 11.1 Å². The first-order valence-electron chi connectivity index (χ1n) is 4.17. The van der Waals surface area contributed by atoms with E-state index in [1.54, 1.807) is 0 Å². The number of aromatic nitrogens is 1. The summed E-state index contributed by atoms with van der Waals surface area (Å²) in [7, 11) is 0. The highest BCUT2D eigenvalue weighted by atomic mass is 16.4. The number of rotatable bonds is 1. The molecule has 0 saturated heterocycles. The maximum absolute atomic E-state index is 5.33. The fourth-order valence-electron chi connectivity index (χ4n) is 1.21. The van der Waals surface area contributed by atoms with Gasteiger partial charge in [-0.1, -0.05) is 11.1 Å². The Bertz CT molecular complexity index is 496. The quantitative estimate of drug-likeness (QED) is 0.403. The summed E-state index contributed by atoms with van der Waals surface area (Å²) in [5, 5.41) is 0. The molecule has 72 valence electrons. The Labute approximate surface area is 80.4 Å². The number of hydrogen-bond acceptors (Lipinski definition) is 2. The monoisotopic (exact) mass is 191 g/mol. The van der Waals surface area contributed by atoms with Crippen LogP contribution < -0.4 is 16.5 Å². The first-order valence-corrected chi connectivity index (χ1v) is 4.17. The number of nitrogens with two attached hydrogens (primary N) is 2. The topological polar surface area (TPSA) is 92.0 Å². The fourth-order valence-corrected chi connectivity index (χ4v) is 1.21. The zero-order chi connectivity index (χ0) is 10.1. The van der Waals surface area contributed by atoms with Crippen molar-refractivity contribution in [3.63, 3.8) is 0 Å². The lowest BCUT2D eigenvalue weighted by Gasteiger charge is -1.85. The first kappa shape index (κ1) is 8.55. The van der Waals surface area contributed by atoms with Crippen LogP contribution in [0.5, 0.6) is 0 Å². The lowest BCUT2D eigenvalue weighted by molar-refractivity contribution is -0.379. The van der Waals surface area contributed by atoms with Gasteiger partial charge < -0.3 is 15.9 Å². The summed E-state index contributed by atoms with van der Waals surface area (Å²) in [6.45, 7) is 1.99. The predicted molar refractivity (Wildman–Crippen MR) is 52.8 cm³/mol. The number of fused-ring (bicyclic) bond motifs is 1. The highest BCUT2D eigenvalue weighted by molar-refractivity contribution is 5.75. The molecule has 2 rings (SSSR count). The second-order valence-electron chi connectivity index (χ2n) is 3.07. The molecule has 0 aliphatic carbocycles. The third kappa shape index (κ3) is 1.52. The maximum atomic E-state index is 5.33. The van der Waals surface area contributed by atoms with Crippen LogP contribution in [0.1, 0.15) is 5.56 Å². The Morgan fingerprint density at radius 2 is 2.21 bits per heavy atom. The molecule has 0 radical (unpaired) electrons. The predicted octanol–water partition coefficient (Wildman–Crippen LogP) is -0.878. The molecule has 14 heavy (non-hydrogen) atoms. The normalized spacial score (nSPS) is 10.4. The second-order valence-corrected chi connectivity index (χ2v) is 3.07. The molecule has 0 atom stereocenters. The Kier molecular flexibility index (Phi) is 1.85. The van der Waals surface area contributed by atoms with Gasteiger partial charge in [0.15, 0.2) is 11.1 Å². The van der Waals surface area contributed by atoms with Crippen LogP contribution in [0.15, 0.2) is 22.6 Å². The Morgan fingerprint density at radius 1 is 1.43 bits per heavy atom. The average Bonchev–Trinajstić information content (AvgIpc) is 2.44. The summed E-state index contributed by atoms with van der Waals surface area (Å²) in [6, 6.07) is 6.05. The van der Waals surface area contributed by atoms with Crippen LogP contribution in [0.4, 0.5) is 6.01 Å². The van der Waals surface area contributed by atoms with Gasteiger partial charge in [0, 0.05) is 0 Å². The zero-order valence-electron chi connectivity index (χ0n) is 7.74. The SMILES string of the molecule is Cc1ccc2oc([NH+]=C(N)N)nc2c1. The molecule has 5 N–H and O–H groups in total. The van der Waals surface area contributed by atoms with Crippen molar-refractivity contribution < 1.29 is 9.41 Å². The fraction of sp³-hybridized carbons (Fsp3) is 0.111. The van der Waals surface area contributed by atoms with Crippen LogP contribution in [0.25, 0.3) is 11.1 Å². The molecule has 1 aromatic heterocycles. The van der Waals surface area contributed by atoms with Crippen LogP contribution in [0, 0.1) is 6.92 Å². The van der Waals surface area contributed by atoms with Crippen molar-refractivity contribution >= 4 is 23.1 Å². The number of nitrogens with zero attached hydrogens (tertiary/aromatic N) is 1. The van der Waals surface area contributed by atoms with Crippen LogP contribution >= 0.6 is 0 Å². The van der Waals surface area contributed by atoms with Gasteiger partial charge in [-0.2, -0.15) is 0 Å². The lowest BCUT2D eigenvalue weighted by atomic mass is 10.2. The molecule has 0 fully saturated rings. The summed E-state index contributed by atoms with van der Waals surface area (Å²) >= 11 is 0. The van der Waals surface area contributed by atoms with Crippen molar-refractivity contribution in [1.29, 1.82) is 0 Å². The molecule has 0 unspecified atom stereocenters. The summed E-state index contributed by atoms with van der Waals surface area (Å²) in [6.07, 6.45) is 0. The van der Waals surface area contributed by atoms with E-state index in [-0.39, 0.29) is 5.96 Å². The molecule has 2 aromatic rings. The Hall–Kier alpha value is -2.04. The third-order valence-corrected chi connectivity index (χ3v) is 1.79. The number of aryl methyl sites for hydroxylation is 1. The molecule has 0 aliphatic heterocycles. The molecule has 1 heterocycles. The number of guanidine groups is 1. The number of oxazole rings is 1. The van der Waals surface area contributed by atoms with Gasteiger partial charge in [-0.3, -0.25) is 0 Å². The van der Waals surface area contributed by atoms with Crippen molar-refractivity contribution in [2.75, 3.05) is 0 Å². The van der Waals surface area contributed by atoms with Gasteiger partial charge in [0.05, 0.1) is 0 Å². The molecule has 1 aromatic carbocycles. The molecule has 0 amide bonds. The van der Waals surface area contributed by atoms with E-state index in [1.165, 1.54) is 0 Å². The third-order valence-electron chi connectivity index (χ3n) is 1.79. The van der Waals surface area contributed by atoms with E-state index in [2.05, 4.69) is 9.98 Å². The molecule has 0 aliphatic rings. The van der Waals surface area contributed by atoms with Crippen LogP contribution in [-0.2, 0) is 0 Å².